The minimum Gasteiger partial charge on any atom is -0.482 e. The highest BCUT2D eigenvalue weighted by atomic mass is 16.5. The Morgan fingerprint density at radius 3 is 2.89 bits per heavy atom. The molecule has 0 saturated heterocycles. The van der Waals surface area contributed by atoms with E-state index >= 15 is 0 Å². The van der Waals surface area contributed by atoms with Crippen molar-refractivity contribution in [2.45, 2.75) is 24.5 Å². The average Bonchev–Trinajstić information content (AvgIpc) is 3.12. The first kappa shape index (κ1) is 11.5. The maximum absolute atomic E-state index is 11.6. The first-order valence-electron chi connectivity index (χ1n) is 6.01. The van der Waals surface area contributed by atoms with Crippen LogP contribution in [0.25, 0.3) is 0 Å². The van der Waals surface area contributed by atoms with E-state index in [1.165, 1.54) is 0 Å². The third-order valence-electron chi connectivity index (χ3n) is 3.76. The Labute approximate surface area is 105 Å². The monoisotopic (exact) mass is 248 g/mol. The molecule has 1 aromatic rings. The van der Waals surface area contributed by atoms with Gasteiger partial charge in [0.05, 0.1) is 11.8 Å². The van der Waals surface area contributed by atoms with Gasteiger partial charge in [0.1, 0.15) is 5.75 Å². The second-order valence-corrected chi connectivity index (χ2v) is 5.10. The lowest BCUT2D eigenvalue weighted by atomic mass is 10.00. The standard InChI is InChI=1S/C13H16N2O3/c1-15-9-6-8(12(17)13(14)4-5-13)2-3-10(9)18-7-11(15)16/h2-3,6,12,17H,4-5,7,14H2,1H3. The highest BCUT2D eigenvalue weighted by Gasteiger charge is 2.46. The van der Waals surface area contributed by atoms with E-state index in [1.54, 1.807) is 30.1 Å². The number of amides is 1. The van der Waals surface area contributed by atoms with Gasteiger partial charge in [0.25, 0.3) is 5.91 Å². The molecule has 1 aromatic carbocycles. The van der Waals surface area contributed by atoms with E-state index in [-0.39, 0.29) is 12.5 Å². The predicted molar refractivity (Wildman–Crippen MR) is 66.5 cm³/mol. The van der Waals surface area contributed by atoms with Crippen molar-refractivity contribution in [1.29, 1.82) is 0 Å². The van der Waals surface area contributed by atoms with E-state index in [2.05, 4.69) is 0 Å². The molecule has 1 amide bonds. The Kier molecular flexibility index (Phi) is 2.36. The molecule has 1 aliphatic heterocycles. The second-order valence-electron chi connectivity index (χ2n) is 5.10. The molecule has 96 valence electrons. The lowest BCUT2D eigenvalue weighted by Crippen LogP contribution is -2.36. The van der Waals surface area contributed by atoms with Gasteiger partial charge < -0.3 is 20.5 Å². The number of carbonyl (C=O) groups is 1. The largest absolute Gasteiger partial charge is 0.482 e. The number of carbonyl (C=O) groups excluding carboxylic acids is 1. The van der Waals surface area contributed by atoms with Gasteiger partial charge in [-0.05, 0) is 30.5 Å². The Balaban J connectivity index is 1.97. The lowest BCUT2D eigenvalue weighted by Gasteiger charge is -2.27. The van der Waals surface area contributed by atoms with Gasteiger partial charge in [0.15, 0.2) is 6.61 Å². The molecule has 0 bridgehead atoms. The number of aliphatic hydroxyl groups is 1. The summed E-state index contributed by atoms with van der Waals surface area (Å²) in [6, 6.07) is 5.37. The van der Waals surface area contributed by atoms with Crippen LogP contribution in [0.3, 0.4) is 0 Å². The number of hydrogen-bond donors (Lipinski definition) is 2. The maximum atomic E-state index is 11.6. The fourth-order valence-corrected chi connectivity index (χ4v) is 2.21. The van der Waals surface area contributed by atoms with Crippen molar-refractivity contribution in [3.63, 3.8) is 0 Å². The number of nitrogens with two attached hydrogens (primary N) is 1. The molecule has 5 heteroatoms. The zero-order chi connectivity index (χ0) is 12.9. The van der Waals surface area contributed by atoms with E-state index in [9.17, 15) is 9.90 Å². The molecule has 1 fully saturated rings. The number of anilines is 1. The predicted octanol–water partition coefficient (Wildman–Crippen LogP) is 0.566. The molecule has 2 aliphatic rings. The summed E-state index contributed by atoms with van der Waals surface area (Å²) in [5.41, 5.74) is 6.93. The van der Waals surface area contributed by atoms with Crippen molar-refractivity contribution in [1.82, 2.24) is 0 Å². The molecule has 3 rings (SSSR count). The van der Waals surface area contributed by atoms with E-state index < -0.39 is 11.6 Å². The fourth-order valence-electron chi connectivity index (χ4n) is 2.21. The molecular weight excluding hydrogens is 232 g/mol. The van der Waals surface area contributed by atoms with Crippen molar-refractivity contribution in [3.05, 3.63) is 23.8 Å². The first-order valence-corrected chi connectivity index (χ1v) is 6.01. The van der Waals surface area contributed by atoms with Gasteiger partial charge in [0, 0.05) is 12.6 Å². The zero-order valence-electron chi connectivity index (χ0n) is 10.2. The summed E-state index contributed by atoms with van der Waals surface area (Å²) < 4.78 is 5.34. The summed E-state index contributed by atoms with van der Waals surface area (Å²) >= 11 is 0. The molecule has 1 saturated carbocycles. The quantitative estimate of drug-likeness (QED) is 0.802. The van der Waals surface area contributed by atoms with Crippen LogP contribution in [0.4, 0.5) is 5.69 Å². The van der Waals surface area contributed by atoms with E-state index in [0.29, 0.717) is 11.4 Å². The number of rotatable bonds is 2. The molecular formula is C13H16N2O3. The molecule has 1 unspecified atom stereocenters. The molecule has 5 nitrogen and oxygen atoms in total. The SMILES string of the molecule is CN1C(=O)COc2ccc(C(O)C3(N)CC3)cc21. The molecule has 1 aliphatic carbocycles. The van der Waals surface area contributed by atoms with Crippen molar-refractivity contribution in [3.8, 4) is 5.75 Å². The van der Waals surface area contributed by atoms with E-state index in [4.69, 9.17) is 10.5 Å². The average molecular weight is 248 g/mol. The molecule has 0 spiro atoms. The minimum atomic E-state index is -0.687. The fraction of sp³-hybridized carbons (Fsp3) is 0.462. The third-order valence-corrected chi connectivity index (χ3v) is 3.76. The number of aliphatic hydroxyl groups excluding tert-OH is 1. The van der Waals surface area contributed by atoms with Gasteiger partial charge in [-0.15, -0.1) is 0 Å². The maximum Gasteiger partial charge on any atom is 0.264 e. The molecule has 1 heterocycles. The zero-order valence-corrected chi connectivity index (χ0v) is 10.2. The first-order chi connectivity index (χ1) is 8.51. The number of ether oxygens (including phenoxy) is 1. The Hall–Kier alpha value is -1.59. The van der Waals surface area contributed by atoms with Crippen molar-refractivity contribution in [2.75, 3.05) is 18.6 Å². The summed E-state index contributed by atoms with van der Waals surface area (Å²) in [6.45, 7) is 0.0617. The summed E-state index contributed by atoms with van der Waals surface area (Å²) in [5.74, 6) is 0.568. The van der Waals surface area contributed by atoms with E-state index in [1.807, 2.05) is 0 Å². The van der Waals surface area contributed by atoms with Crippen molar-refractivity contribution in [2.24, 2.45) is 5.73 Å². The number of hydrogen-bond acceptors (Lipinski definition) is 4. The Bertz CT molecular complexity index is 511. The molecule has 0 aromatic heterocycles. The number of nitrogens with zero attached hydrogens (tertiary/aromatic N) is 1. The van der Waals surface area contributed by atoms with Crippen LogP contribution in [0.2, 0.25) is 0 Å². The van der Waals surface area contributed by atoms with E-state index in [0.717, 1.165) is 18.4 Å². The van der Waals surface area contributed by atoms with Gasteiger partial charge in [-0.2, -0.15) is 0 Å². The van der Waals surface area contributed by atoms with Gasteiger partial charge in [0.2, 0.25) is 0 Å². The normalized spacial score (nSPS) is 22.2. The molecule has 3 N–H and O–H groups in total. The number of fused-ring (bicyclic) bond motifs is 1. The van der Waals surface area contributed by atoms with Crippen LogP contribution >= 0.6 is 0 Å². The topological polar surface area (TPSA) is 75.8 Å². The van der Waals surface area contributed by atoms with Crippen LogP contribution in [-0.2, 0) is 4.79 Å². The highest BCUT2D eigenvalue weighted by Crippen LogP contribution is 2.45. The van der Waals surface area contributed by atoms with Gasteiger partial charge in [-0.1, -0.05) is 6.07 Å². The van der Waals surface area contributed by atoms with Crippen LogP contribution in [-0.4, -0.2) is 30.2 Å². The van der Waals surface area contributed by atoms with Crippen LogP contribution < -0.4 is 15.4 Å². The van der Waals surface area contributed by atoms with Gasteiger partial charge in [-0.25, -0.2) is 0 Å². The van der Waals surface area contributed by atoms with Crippen molar-refractivity contribution >= 4 is 11.6 Å². The van der Waals surface area contributed by atoms with Crippen LogP contribution in [0, 0.1) is 0 Å². The number of likely N-dealkylation sites (N-methyl/N-ethyl adjacent to an activating group) is 1. The van der Waals surface area contributed by atoms with Crippen molar-refractivity contribution < 1.29 is 14.6 Å². The second kappa shape index (κ2) is 3.70. The van der Waals surface area contributed by atoms with Crippen LogP contribution in [0.15, 0.2) is 18.2 Å². The Morgan fingerprint density at radius 2 is 2.22 bits per heavy atom. The molecule has 0 radical (unpaired) electrons. The molecule has 1 atom stereocenters. The summed E-state index contributed by atoms with van der Waals surface area (Å²) in [5, 5.41) is 10.2. The minimum absolute atomic E-state index is 0.0617. The van der Waals surface area contributed by atoms with Crippen LogP contribution in [0.5, 0.6) is 5.75 Å². The lowest BCUT2D eigenvalue weighted by molar-refractivity contribution is -0.120. The van der Waals surface area contributed by atoms with Crippen LogP contribution in [0.1, 0.15) is 24.5 Å². The summed E-state index contributed by atoms with van der Waals surface area (Å²) in [6.07, 6.45) is 0.973. The molecule has 18 heavy (non-hydrogen) atoms. The third kappa shape index (κ3) is 1.67. The smallest absolute Gasteiger partial charge is 0.264 e. The summed E-state index contributed by atoms with van der Waals surface area (Å²) in [4.78, 5) is 13.1. The summed E-state index contributed by atoms with van der Waals surface area (Å²) in [7, 11) is 1.70. The Morgan fingerprint density at radius 1 is 1.50 bits per heavy atom. The highest BCUT2D eigenvalue weighted by molar-refractivity contribution is 5.97. The number of benzene rings is 1. The van der Waals surface area contributed by atoms with Gasteiger partial charge in [-0.3, -0.25) is 4.79 Å². The van der Waals surface area contributed by atoms with Gasteiger partial charge >= 0.3 is 0 Å².